The highest BCUT2D eigenvalue weighted by atomic mass is 19.4. The lowest BCUT2D eigenvalue weighted by Crippen LogP contribution is -2.08. The lowest BCUT2D eigenvalue weighted by atomic mass is 10.2. The summed E-state index contributed by atoms with van der Waals surface area (Å²) in [7, 11) is 0. The van der Waals surface area contributed by atoms with Crippen LogP contribution in [-0.2, 0) is 6.18 Å². The first-order valence-corrected chi connectivity index (χ1v) is 7.07. The van der Waals surface area contributed by atoms with E-state index in [1.807, 2.05) is 6.92 Å². The van der Waals surface area contributed by atoms with Gasteiger partial charge in [-0.05, 0) is 31.2 Å². The zero-order valence-electron chi connectivity index (χ0n) is 12.4. The van der Waals surface area contributed by atoms with Crippen molar-refractivity contribution in [2.75, 3.05) is 0 Å². The van der Waals surface area contributed by atoms with Crippen LogP contribution in [0.2, 0.25) is 0 Å². The van der Waals surface area contributed by atoms with Gasteiger partial charge in [0.05, 0.1) is 17.4 Å². The molecule has 4 heterocycles. The van der Waals surface area contributed by atoms with E-state index in [0.717, 1.165) is 18.0 Å². The van der Waals surface area contributed by atoms with E-state index < -0.39 is 11.9 Å². The Balaban J connectivity index is 2.05. The van der Waals surface area contributed by atoms with Gasteiger partial charge >= 0.3 is 6.18 Å². The molecular weight excluding hydrogens is 319 g/mol. The normalized spacial score (nSPS) is 12.2. The number of imidazole rings is 1. The van der Waals surface area contributed by atoms with Crippen molar-refractivity contribution in [2.24, 2.45) is 0 Å². The number of fused-ring (bicyclic) bond motifs is 3. The third-order valence-electron chi connectivity index (χ3n) is 3.71. The quantitative estimate of drug-likeness (QED) is 0.535. The Kier molecular flexibility index (Phi) is 3.02. The molecule has 0 aromatic carbocycles. The van der Waals surface area contributed by atoms with Gasteiger partial charge in [0, 0.05) is 18.0 Å². The van der Waals surface area contributed by atoms with Crippen molar-refractivity contribution in [1.82, 2.24) is 24.3 Å². The van der Waals surface area contributed by atoms with Gasteiger partial charge in [0.2, 0.25) is 0 Å². The van der Waals surface area contributed by atoms with Crippen molar-refractivity contribution >= 4 is 16.7 Å². The predicted molar refractivity (Wildman–Crippen MR) is 81.3 cm³/mol. The maximum Gasteiger partial charge on any atom is 0.433 e. The molecule has 0 saturated carbocycles. The van der Waals surface area contributed by atoms with Crippen molar-refractivity contribution < 1.29 is 13.2 Å². The number of halogens is 3. The molecule has 0 unspecified atom stereocenters. The number of hydrogen-bond acceptors (Lipinski definition) is 4. The van der Waals surface area contributed by atoms with Crippen LogP contribution >= 0.6 is 0 Å². The molecule has 4 aromatic rings. The molecule has 0 spiro atoms. The van der Waals surface area contributed by atoms with Crippen LogP contribution in [0.5, 0.6) is 0 Å². The van der Waals surface area contributed by atoms with Crippen LogP contribution in [-0.4, -0.2) is 24.3 Å². The van der Waals surface area contributed by atoms with Crippen LogP contribution in [0.1, 0.15) is 11.4 Å². The molecule has 0 aliphatic heterocycles. The lowest BCUT2D eigenvalue weighted by molar-refractivity contribution is -0.141. The molecule has 0 atom stereocenters. The molecule has 0 aliphatic carbocycles. The molecule has 0 aliphatic rings. The van der Waals surface area contributed by atoms with E-state index in [1.54, 1.807) is 28.9 Å². The summed E-state index contributed by atoms with van der Waals surface area (Å²) in [4.78, 5) is 16.4. The molecular formula is C16H10F3N5. The first-order valence-electron chi connectivity index (χ1n) is 7.07. The van der Waals surface area contributed by atoms with Crippen LogP contribution in [0.25, 0.3) is 28.1 Å². The fraction of sp³-hybridized carbons (Fsp3) is 0.125. The van der Waals surface area contributed by atoms with Gasteiger partial charge in [0.1, 0.15) is 17.0 Å². The molecule has 0 fully saturated rings. The summed E-state index contributed by atoms with van der Waals surface area (Å²) >= 11 is 0. The highest BCUT2D eigenvalue weighted by molar-refractivity contribution is 5.79. The SMILES string of the molecule is Cc1nc2cccnc2n2c(-c3ccnc(C(F)(F)F)c3)ncc12. The second-order valence-corrected chi connectivity index (χ2v) is 5.27. The Labute approximate surface area is 133 Å². The molecule has 8 heteroatoms. The van der Waals surface area contributed by atoms with E-state index >= 15 is 0 Å². The van der Waals surface area contributed by atoms with Gasteiger partial charge < -0.3 is 0 Å². The fourth-order valence-electron chi connectivity index (χ4n) is 2.64. The molecule has 4 aromatic heterocycles. The third kappa shape index (κ3) is 2.18. The Morgan fingerprint density at radius 1 is 1.04 bits per heavy atom. The van der Waals surface area contributed by atoms with Crippen molar-refractivity contribution in [3.8, 4) is 11.4 Å². The van der Waals surface area contributed by atoms with Gasteiger partial charge in [-0.3, -0.25) is 9.38 Å². The van der Waals surface area contributed by atoms with E-state index in [0.29, 0.717) is 28.1 Å². The predicted octanol–water partition coefficient (Wildman–Crippen LogP) is 3.67. The first-order chi connectivity index (χ1) is 11.4. The number of nitrogens with zero attached hydrogens (tertiary/aromatic N) is 5. The number of pyridine rings is 2. The first kappa shape index (κ1) is 14.6. The second kappa shape index (κ2) is 4.98. The summed E-state index contributed by atoms with van der Waals surface area (Å²) < 4.78 is 40.5. The van der Waals surface area contributed by atoms with Gasteiger partial charge in [-0.2, -0.15) is 13.2 Å². The Morgan fingerprint density at radius 2 is 1.88 bits per heavy atom. The van der Waals surface area contributed by atoms with Crippen molar-refractivity contribution in [3.63, 3.8) is 0 Å². The van der Waals surface area contributed by atoms with Crippen LogP contribution in [0, 0.1) is 6.92 Å². The minimum Gasteiger partial charge on any atom is -0.273 e. The lowest BCUT2D eigenvalue weighted by Gasteiger charge is -2.09. The monoisotopic (exact) mass is 329 g/mol. The van der Waals surface area contributed by atoms with E-state index in [4.69, 9.17) is 0 Å². The smallest absolute Gasteiger partial charge is 0.273 e. The molecule has 0 radical (unpaired) electrons. The minimum atomic E-state index is -4.51. The summed E-state index contributed by atoms with van der Waals surface area (Å²) in [6.07, 6.45) is -0.195. The van der Waals surface area contributed by atoms with Crippen LogP contribution in [0.3, 0.4) is 0 Å². The largest absolute Gasteiger partial charge is 0.433 e. The van der Waals surface area contributed by atoms with Gasteiger partial charge in [-0.25, -0.2) is 15.0 Å². The summed E-state index contributed by atoms with van der Waals surface area (Å²) in [5.74, 6) is 0.368. The molecule has 24 heavy (non-hydrogen) atoms. The molecule has 4 rings (SSSR count). The molecule has 0 bridgehead atoms. The summed E-state index contributed by atoms with van der Waals surface area (Å²) in [6, 6.07) is 6.03. The molecule has 0 amide bonds. The number of rotatable bonds is 1. The Morgan fingerprint density at radius 3 is 2.67 bits per heavy atom. The van der Waals surface area contributed by atoms with Gasteiger partial charge in [0.25, 0.3) is 0 Å². The number of aromatic nitrogens is 5. The second-order valence-electron chi connectivity index (χ2n) is 5.27. The van der Waals surface area contributed by atoms with Crippen molar-refractivity contribution in [2.45, 2.75) is 13.1 Å². The molecule has 5 nitrogen and oxygen atoms in total. The van der Waals surface area contributed by atoms with Crippen LogP contribution in [0.15, 0.2) is 42.9 Å². The minimum absolute atomic E-state index is 0.315. The molecule has 0 N–H and O–H groups in total. The van der Waals surface area contributed by atoms with E-state index in [9.17, 15) is 13.2 Å². The average molecular weight is 329 g/mol. The van der Waals surface area contributed by atoms with E-state index in [2.05, 4.69) is 19.9 Å². The Bertz CT molecular complexity index is 1070. The van der Waals surface area contributed by atoms with Gasteiger partial charge in [-0.15, -0.1) is 0 Å². The molecule has 120 valence electrons. The summed E-state index contributed by atoms with van der Waals surface area (Å²) in [5.41, 5.74) is 1.96. The third-order valence-corrected chi connectivity index (χ3v) is 3.71. The zero-order chi connectivity index (χ0) is 16.9. The summed E-state index contributed by atoms with van der Waals surface area (Å²) in [5, 5.41) is 0. The average Bonchev–Trinajstić information content (AvgIpc) is 3.00. The van der Waals surface area contributed by atoms with Gasteiger partial charge in [0.15, 0.2) is 5.65 Å². The Hall–Kier alpha value is -3.03. The standard InChI is InChI=1S/C16H10F3N5/c1-9-12-8-22-14(10-4-6-20-13(7-10)16(17,18)19)24(12)15-11(23-9)3-2-5-21-15/h2-8H,1H3. The fourth-order valence-corrected chi connectivity index (χ4v) is 2.64. The number of alkyl halides is 3. The topological polar surface area (TPSA) is 56.0 Å². The highest BCUT2D eigenvalue weighted by Gasteiger charge is 2.32. The van der Waals surface area contributed by atoms with Crippen LogP contribution < -0.4 is 0 Å². The number of hydrogen-bond donors (Lipinski definition) is 0. The summed E-state index contributed by atoms with van der Waals surface area (Å²) in [6.45, 7) is 1.82. The van der Waals surface area contributed by atoms with Crippen molar-refractivity contribution in [3.05, 3.63) is 54.2 Å². The van der Waals surface area contributed by atoms with Crippen LogP contribution in [0.4, 0.5) is 13.2 Å². The van der Waals surface area contributed by atoms with Crippen molar-refractivity contribution in [1.29, 1.82) is 0 Å². The number of aryl methyl sites for hydroxylation is 1. The molecule has 0 saturated heterocycles. The highest BCUT2D eigenvalue weighted by Crippen LogP contribution is 2.31. The van der Waals surface area contributed by atoms with Gasteiger partial charge in [-0.1, -0.05) is 0 Å². The zero-order valence-corrected chi connectivity index (χ0v) is 12.4. The van der Waals surface area contributed by atoms with E-state index in [-0.39, 0.29) is 0 Å². The van der Waals surface area contributed by atoms with E-state index in [1.165, 1.54) is 6.07 Å². The maximum atomic E-state index is 12.9. The maximum absolute atomic E-state index is 12.9.